The molecule has 3 rings (SSSR count). The lowest BCUT2D eigenvalue weighted by Gasteiger charge is -2.28. The second-order valence-electron chi connectivity index (χ2n) is 5.21. The highest BCUT2D eigenvalue weighted by molar-refractivity contribution is 5.75. The predicted octanol–water partition coefficient (Wildman–Crippen LogP) is 2.14. The van der Waals surface area contributed by atoms with Crippen molar-refractivity contribution in [1.29, 1.82) is 0 Å². The quantitative estimate of drug-likeness (QED) is 0.909. The van der Waals surface area contributed by atoms with E-state index in [0.717, 1.165) is 11.9 Å². The van der Waals surface area contributed by atoms with E-state index in [9.17, 15) is 9.90 Å². The van der Waals surface area contributed by atoms with Crippen LogP contribution < -0.4 is 4.90 Å². The number of carboxylic acid groups (broad SMARTS) is 1. The standard InChI is InChI=1S/C15H18N2O4/c1-2-7-17(12-9-20-8-10(12)14(18)19)15-16-11-5-3-4-6-13(11)21-15/h3-6,10,12H,2,7-9H2,1H3,(H,18,19). The van der Waals surface area contributed by atoms with Crippen LogP contribution in [-0.4, -0.2) is 41.9 Å². The van der Waals surface area contributed by atoms with E-state index in [1.165, 1.54) is 0 Å². The van der Waals surface area contributed by atoms with Crippen molar-refractivity contribution in [3.05, 3.63) is 24.3 Å². The summed E-state index contributed by atoms with van der Waals surface area (Å²) >= 11 is 0. The monoisotopic (exact) mass is 290 g/mol. The Kier molecular flexibility index (Phi) is 3.79. The highest BCUT2D eigenvalue weighted by Crippen LogP contribution is 2.28. The van der Waals surface area contributed by atoms with E-state index in [1.54, 1.807) is 0 Å². The molecule has 0 bridgehead atoms. The number of ether oxygens (including phenoxy) is 1. The second-order valence-corrected chi connectivity index (χ2v) is 5.21. The van der Waals surface area contributed by atoms with Gasteiger partial charge in [0, 0.05) is 6.54 Å². The van der Waals surface area contributed by atoms with Crippen LogP contribution >= 0.6 is 0 Å². The Bertz CT molecular complexity index is 606. The molecule has 0 spiro atoms. The number of anilines is 1. The third-order valence-corrected chi connectivity index (χ3v) is 3.76. The molecule has 6 heteroatoms. The number of carbonyl (C=O) groups is 1. The third kappa shape index (κ3) is 2.58. The van der Waals surface area contributed by atoms with Gasteiger partial charge in [-0.2, -0.15) is 4.98 Å². The molecule has 0 radical (unpaired) electrons. The fourth-order valence-electron chi connectivity index (χ4n) is 2.71. The van der Waals surface area contributed by atoms with Crippen molar-refractivity contribution in [3.63, 3.8) is 0 Å². The number of benzene rings is 1. The van der Waals surface area contributed by atoms with Gasteiger partial charge in [-0.1, -0.05) is 19.1 Å². The Morgan fingerprint density at radius 1 is 1.43 bits per heavy atom. The summed E-state index contributed by atoms with van der Waals surface area (Å²) in [5, 5.41) is 9.33. The van der Waals surface area contributed by atoms with Crippen LogP contribution in [0.5, 0.6) is 0 Å². The van der Waals surface area contributed by atoms with Gasteiger partial charge < -0.3 is 19.2 Å². The number of carboxylic acids is 1. The lowest BCUT2D eigenvalue weighted by Crippen LogP contribution is -2.44. The number of fused-ring (bicyclic) bond motifs is 1. The molecule has 1 aromatic heterocycles. The molecule has 1 aromatic carbocycles. The maximum Gasteiger partial charge on any atom is 0.311 e. The van der Waals surface area contributed by atoms with Crippen molar-refractivity contribution in [1.82, 2.24) is 4.98 Å². The minimum absolute atomic E-state index is 0.237. The van der Waals surface area contributed by atoms with Crippen molar-refractivity contribution < 1.29 is 19.1 Å². The molecule has 21 heavy (non-hydrogen) atoms. The van der Waals surface area contributed by atoms with E-state index >= 15 is 0 Å². The van der Waals surface area contributed by atoms with Crippen LogP contribution in [0.25, 0.3) is 11.1 Å². The van der Waals surface area contributed by atoms with E-state index < -0.39 is 11.9 Å². The van der Waals surface area contributed by atoms with Gasteiger partial charge in [0.1, 0.15) is 11.4 Å². The average molecular weight is 290 g/mol. The van der Waals surface area contributed by atoms with Crippen LogP contribution in [0.4, 0.5) is 6.01 Å². The first kappa shape index (κ1) is 13.9. The lowest BCUT2D eigenvalue weighted by molar-refractivity contribution is -0.142. The number of hydrogen-bond donors (Lipinski definition) is 1. The van der Waals surface area contributed by atoms with Gasteiger partial charge in [0.2, 0.25) is 0 Å². The van der Waals surface area contributed by atoms with Crippen LogP contribution in [0.15, 0.2) is 28.7 Å². The van der Waals surface area contributed by atoms with E-state index in [-0.39, 0.29) is 12.6 Å². The number of oxazole rings is 1. The van der Waals surface area contributed by atoms with Gasteiger partial charge in [-0.15, -0.1) is 0 Å². The summed E-state index contributed by atoms with van der Waals surface area (Å²) in [7, 11) is 0. The fraction of sp³-hybridized carbons (Fsp3) is 0.467. The molecule has 0 amide bonds. The SMILES string of the molecule is CCCN(c1nc2ccccc2o1)C1COCC1C(=O)O. The molecule has 2 heterocycles. The highest BCUT2D eigenvalue weighted by Gasteiger charge is 2.39. The first-order valence-corrected chi connectivity index (χ1v) is 7.13. The van der Waals surface area contributed by atoms with Crippen molar-refractivity contribution in [2.24, 2.45) is 5.92 Å². The lowest BCUT2D eigenvalue weighted by atomic mass is 10.0. The number of hydrogen-bond acceptors (Lipinski definition) is 5. The number of rotatable bonds is 5. The molecule has 6 nitrogen and oxygen atoms in total. The highest BCUT2D eigenvalue weighted by atomic mass is 16.5. The first-order valence-electron chi connectivity index (χ1n) is 7.13. The van der Waals surface area contributed by atoms with E-state index in [4.69, 9.17) is 9.15 Å². The third-order valence-electron chi connectivity index (χ3n) is 3.76. The van der Waals surface area contributed by atoms with Gasteiger partial charge in [0.25, 0.3) is 6.01 Å². The topological polar surface area (TPSA) is 75.8 Å². The largest absolute Gasteiger partial charge is 0.481 e. The summed E-state index contributed by atoms with van der Waals surface area (Å²) < 4.78 is 11.2. The summed E-state index contributed by atoms with van der Waals surface area (Å²) in [5.74, 6) is -1.39. The predicted molar refractivity (Wildman–Crippen MR) is 77.4 cm³/mol. The molecular weight excluding hydrogens is 272 g/mol. The molecule has 1 saturated heterocycles. The Morgan fingerprint density at radius 3 is 2.95 bits per heavy atom. The van der Waals surface area contributed by atoms with Crippen molar-refractivity contribution in [3.8, 4) is 0 Å². The number of nitrogens with zero attached hydrogens (tertiary/aromatic N) is 2. The molecule has 0 aliphatic carbocycles. The maximum absolute atomic E-state index is 11.4. The molecule has 0 saturated carbocycles. The summed E-state index contributed by atoms with van der Waals surface area (Å²) in [6.45, 7) is 3.35. The van der Waals surface area contributed by atoms with Crippen LogP contribution in [0, 0.1) is 5.92 Å². The molecule has 2 unspecified atom stereocenters. The zero-order valence-electron chi connectivity index (χ0n) is 11.9. The van der Waals surface area contributed by atoms with E-state index in [0.29, 0.717) is 24.7 Å². The minimum Gasteiger partial charge on any atom is -0.481 e. The van der Waals surface area contributed by atoms with Gasteiger partial charge in [0.05, 0.1) is 19.3 Å². The molecular formula is C15H18N2O4. The van der Waals surface area contributed by atoms with Gasteiger partial charge >= 0.3 is 5.97 Å². The van der Waals surface area contributed by atoms with Crippen LogP contribution in [-0.2, 0) is 9.53 Å². The fourth-order valence-corrected chi connectivity index (χ4v) is 2.71. The Hall–Kier alpha value is -2.08. The first-order chi connectivity index (χ1) is 10.2. The zero-order valence-corrected chi connectivity index (χ0v) is 11.9. The minimum atomic E-state index is -0.838. The van der Waals surface area contributed by atoms with E-state index in [2.05, 4.69) is 4.98 Å². The summed E-state index contributed by atoms with van der Waals surface area (Å²) in [6, 6.07) is 7.76. The Labute approximate surface area is 122 Å². The van der Waals surface area contributed by atoms with Gasteiger partial charge in [-0.3, -0.25) is 4.79 Å². The van der Waals surface area contributed by atoms with E-state index in [1.807, 2.05) is 36.1 Å². The maximum atomic E-state index is 11.4. The molecule has 112 valence electrons. The van der Waals surface area contributed by atoms with Crippen molar-refractivity contribution in [2.45, 2.75) is 19.4 Å². The Morgan fingerprint density at radius 2 is 2.24 bits per heavy atom. The smallest absolute Gasteiger partial charge is 0.311 e. The van der Waals surface area contributed by atoms with Crippen LogP contribution in [0.3, 0.4) is 0 Å². The molecule has 1 aliphatic rings. The summed E-state index contributed by atoms with van der Waals surface area (Å²) in [5.41, 5.74) is 1.48. The van der Waals surface area contributed by atoms with Gasteiger partial charge in [-0.05, 0) is 18.6 Å². The van der Waals surface area contributed by atoms with Crippen LogP contribution in [0.1, 0.15) is 13.3 Å². The second kappa shape index (κ2) is 5.73. The summed E-state index contributed by atoms with van der Waals surface area (Å²) in [6.07, 6.45) is 0.877. The summed E-state index contributed by atoms with van der Waals surface area (Å²) in [4.78, 5) is 17.8. The molecule has 1 N–H and O–H groups in total. The van der Waals surface area contributed by atoms with Crippen LogP contribution in [0.2, 0.25) is 0 Å². The van der Waals surface area contributed by atoms with Crippen molar-refractivity contribution >= 4 is 23.1 Å². The molecule has 1 fully saturated rings. The van der Waals surface area contributed by atoms with Gasteiger partial charge in [-0.25, -0.2) is 0 Å². The van der Waals surface area contributed by atoms with Gasteiger partial charge in [0.15, 0.2) is 5.58 Å². The van der Waals surface area contributed by atoms with Crippen molar-refractivity contribution in [2.75, 3.05) is 24.7 Å². The number of aliphatic carboxylic acids is 1. The molecule has 1 aliphatic heterocycles. The molecule has 2 atom stereocenters. The number of para-hydroxylation sites is 2. The zero-order chi connectivity index (χ0) is 14.8. The Balaban J connectivity index is 1.95. The number of aromatic nitrogens is 1. The normalized spacial score (nSPS) is 21.8. The average Bonchev–Trinajstić information content (AvgIpc) is 3.11. The molecule has 2 aromatic rings.